The van der Waals surface area contributed by atoms with Crippen LogP contribution in [0.3, 0.4) is 0 Å². The first-order valence-electron chi connectivity index (χ1n) is 9.00. The molecular formula is C20H22F2N4O2. The number of rotatable bonds is 5. The molecule has 2 aromatic rings. The van der Waals surface area contributed by atoms with Gasteiger partial charge in [-0.15, -0.1) is 5.10 Å². The van der Waals surface area contributed by atoms with Gasteiger partial charge < -0.3 is 10.5 Å². The number of aromatic nitrogens is 2. The van der Waals surface area contributed by atoms with Crippen LogP contribution < -0.4 is 5.73 Å². The Hall–Kier alpha value is -2.74. The summed E-state index contributed by atoms with van der Waals surface area (Å²) < 4.78 is 35.7. The SMILES string of the molecule is CC[C@]1(c2cc(CC(=O)c3cccnn3)ccc2F)N=C(N)COCC1(C)F. The predicted molar refractivity (Wildman–Crippen MR) is 100 cm³/mol. The van der Waals surface area contributed by atoms with Crippen molar-refractivity contribution in [3.8, 4) is 0 Å². The van der Waals surface area contributed by atoms with Crippen LogP contribution >= 0.6 is 0 Å². The molecule has 0 bridgehead atoms. The fraction of sp³-hybridized carbons (Fsp3) is 0.400. The van der Waals surface area contributed by atoms with Crippen LogP contribution in [0.1, 0.15) is 41.9 Å². The number of halogens is 2. The molecule has 2 heterocycles. The lowest BCUT2D eigenvalue weighted by Crippen LogP contribution is -2.48. The molecule has 8 heteroatoms. The topological polar surface area (TPSA) is 90.5 Å². The number of ketones is 1. The Morgan fingerprint density at radius 2 is 2.14 bits per heavy atom. The molecule has 0 spiro atoms. The van der Waals surface area contributed by atoms with E-state index in [1.54, 1.807) is 19.1 Å². The maximum absolute atomic E-state index is 15.6. The summed E-state index contributed by atoms with van der Waals surface area (Å²) in [6.45, 7) is 2.76. The van der Waals surface area contributed by atoms with E-state index in [1.807, 2.05) is 0 Å². The van der Waals surface area contributed by atoms with Gasteiger partial charge in [0.05, 0.1) is 6.61 Å². The number of amidine groups is 1. The van der Waals surface area contributed by atoms with Gasteiger partial charge in [-0.05, 0) is 43.2 Å². The number of carbonyl (C=O) groups is 1. The van der Waals surface area contributed by atoms with Crippen molar-refractivity contribution >= 4 is 11.6 Å². The maximum Gasteiger partial charge on any atom is 0.187 e. The van der Waals surface area contributed by atoms with Crippen LogP contribution in [0.15, 0.2) is 41.5 Å². The van der Waals surface area contributed by atoms with Crippen LogP contribution in [0.4, 0.5) is 8.78 Å². The average molecular weight is 388 g/mol. The van der Waals surface area contributed by atoms with Crippen LogP contribution in [-0.2, 0) is 16.7 Å². The van der Waals surface area contributed by atoms with Gasteiger partial charge >= 0.3 is 0 Å². The van der Waals surface area contributed by atoms with Crippen LogP contribution in [0.5, 0.6) is 0 Å². The predicted octanol–water partition coefficient (Wildman–Crippen LogP) is 2.76. The summed E-state index contributed by atoms with van der Waals surface area (Å²) in [5, 5.41) is 7.48. The molecule has 0 fully saturated rings. The smallest absolute Gasteiger partial charge is 0.187 e. The van der Waals surface area contributed by atoms with Crippen LogP contribution in [0.2, 0.25) is 0 Å². The number of hydrogen-bond donors (Lipinski definition) is 1. The summed E-state index contributed by atoms with van der Waals surface area (Å²) >= 11 is 0. The highest BCUT2D eigenvalue weighted by atomic mass is 19.1. The van der Waals surface area contributed by atoms with Gasteiger partial charge in [0.1, 0.15) is 29.5 Å². The normalized spacial score (nSPS) is 25.1. The lowest BCUT2D eigenvalue weighted by Gasteiger charge is -2.39. The molecule has 0 saturated carbocycles. The van der Waals surface area contributed by atoms with Gasteiger partial charge in [0.2, 0.25) is 0 Å². The summed E-state index contributed by atoms with van der Waals surface area (Å²) in [6, 6.07) is 7.36. The standard InChI is InChI=1S/C20H22F2N4O2/c1-3-20(19(2,22)12-28-11-18(23)25-20)14-9-13(6-7-15(14)21)10-17(27)16-5-4-8-24-26-16/h4-9H,3,10-12H2,1-2H3,(H2,23,25)/t19?,20-/m1/s1. The van der Waals surface area contributed by atoms with Crippen molar-refractivity contribution in [1.82, 2.24) is 10.2 Å². The van der Waals surface area contributed by atoms with E-state index in [2.05, 4.69) is 15.2 Å². The number of hydrogen-bond acceptors (Lipinski definition) is 6. The van der Waals surface area contributed by atoms with Crippen molar-refractivity contribution in [2.75, 3.05) is 13.2 Å². The van der Waals surface area contributed by atoms with E-state index < -0.39 is 17.0 Å². The highest BCUT2D eigenvalue weighted by Crippen LogP contribution is 2.45. The molecule has 28 heavy (non-hydrogen) atoms. The van der Waals surface area contributed by atoms with Gasteiger partial charge in [-0.2, -0.15) is 5.10 Å². The lowest BCUT2D eigenvalue weighted by atomic mass is 9.74. The Labute approximate surface area is 161 Å². The van der Waals surface area contributed by atoms with Crippen molar-refractivity contribution < 1.29 is 18.3 Å². The fourth-order valence-corrected chi connectivity index (χ4v) is 3.57. The fourth-order valence-electron chi connectivity index (χ4n) is 3.57. The summed E-state index contributed by atoms with van der Waals surface area (Å²) in [4.78, 5) is 16.8. The Morgan fingerprint density at radius 1 is 1.36 bits per heavy atom. The molecule has 2 atom stereocenters. The summed E-state index contributed by atoms with van der Waals surface area (Å²) in [7, 11) is 0. The van der Waals surface area contributed by atoms with Gasteiger partial charge in [-0.25, -0.2) is 8.78 Å². The third-order valence-corrected chi connectivity index (χ3v) is 5.03. The highest BCUT2D eigenvalue weighted by Gasteiger charge is 2.52. The quantitative estimate of drug-likeness (QED) is 0.796. The molecule has 1 aromatic carbocycles. The summed E-state index contributed by atoms with van der Waals surface area (Å²) in [5.41, 5.74) is 3.10. The summed E-state index contributed by atoms with van der Waals surface area (Å²) in [6.07, 6.45) is 1.61. The Kier molecular flexibility index (Phi) is 5.51. The number of aliphatic imine (C=N–C) groups is 1. The van der Waals surface area contributed by atoms with Gasteiger partial charge in [-0.3, -0.25) is 9.79 Å². The molecule has 0 amide bonds. The minimum absolute atomic E-state index is 0.0201. The first-order chi connectivity index (χ1) is 13.3. The van der Waals surface area contributed by atoms with E-state index in [-0.39, 0.29) is 48.9 Å². The number of Topliss-reactive ketones (excluding diaryl/α,β-unsaturated/α-hetero) is 1. The molecule has 2 N–H and O–H groups in total. The number of alkyl halides is 1. The van der Waals surface area contributed by atoms with Crippen LogP contribution in [0.25, 0.3) is 0 Å². The molecule has 0 saturated heterocycles. The Morgan fingerprint density at radius 3 is 2.82 bits per heavy atom. The van der Waals surface area contributed by atoms with Crippen molar-refractivity contribution in [2.24, 2.45) is 10.7 Å². The van der Waals surface area contributed by atoms with Crippen molar-refractivity contribution in [2.45, 2.75) is 37.9 Å². The second kappa shape index (κ2) is 7.71. The van der Waals surface area contributed by atoms with Crippen molar-refractivity contribution in [3.05, 3.63) is 59.2 Å². The van der Waals surface area contributed by atoms with Gasteiger partial charge in [-0.1, -0.05) is 13.0 Å². The molecule has 0 radical (unpaired) electrons. The second-order valence-electron chi connectivity index (χ2n) is 7.03. The average Bonchev–Trinajstić information content (AvgIpc) is 2.79. The molecule has 6 nitrogen and oxygen atoms in total. The largest absolute Gasteiger partial charge is 0.386 e. The monoisotopic (exact) mass is 388 g/mol. The third kappa shape index (κ3) is 3.64. The number of ether oxygens (including phenoxy) is 1. The molecule has 1 aliphatic rings. The molecular weight excluding hydrogens is 366 g/mol. The molecule has 1 aromatic heterocycles. The van der Waals surface area contributed by atoms with E-state index in [9.17, 15) is 9.18 Å². The first-order valence-corrected chi connectivity index (χ1v) is 9.00. The van der Waals surface area contributed by atoms with E-state index in [4.69, 9.17) is 10.5 Å². The van der Waals surface area contributed by atoms with Crippen molar-refractivity contribution in [3.63, 3.8) is 0 Å². The van der Waals surface area contributed by atoms with E-state index in [1.165, 1.54) is 31.3 Å². The van der Waals surface area contributed by atoms with Crippen molar-refractivity contribution in [1.29, 1.82) is 0 Å². The molecule has 0 aliphatic carbocycles. The van der Waals surface area contributed by atoms with Gasteiger partial charge in [0, 0.05) is 18.2 Å². The number of nitrogens with zero attached hydrogens (tertiary/aromatic N) is 3. The minimum Gasteiger partial charge on any atom is -0.386 e. The van der Waals surface area contributed by atoms with Crippen LogP contribution in [0, 0.1) is 5.82 Å². The zero-order chi connectivity index (χ0) is 20.4. The second-order valence-corrected chi connectivity index (χ2v) is 7.03. The van der Waals surface area contributed by atoms with Gasteiger partial charge in [0.25, 0.3) is 0 Å². The van der Waals surface area contributed by atoms with E-state index in [0.29, 0.717) is 5.56 Å². The van der Waals surface area contributed by atoms with E-state index >= 15 is 4.39 Å². The first kappa shape index (κ1) is 20.0. The van der Waals surface area contributed by atoms with Gasteiger partial charge in [0.15, 0.2) is 11.5 Å². The molecule has 1 unspecified atom stereocenters. The zero-order valence-corrected chi connectivity index (χ0v) is 15.8. The molecule has 3 rings (SSSR count). The Balaban J connectivity index is 2.04. The van der Waals surface area contributed by atoms with E-state index in [0.717, 1.165) is 0 Å². The third-order valence-electron chi connectivity index (χ3n) is 5.03. The zero-order valence-electron chi connectivity index (χ0n) is 15.8. The number of nitrogens with two attached hydrogens (primary N) is 1. The molecule has 148 valence electrons. The summed E-state index contributed by atoms with van der Waals surface area (Å²) in [5.74, 6) is -0.782. The van der Waals surface area contributed by atoms with Crippen LogP contribution in [-0.4, -0.2) is 40.7 Å². The molecule has 1 aliphatic heterocycles. The Bertz CT molecular complexity index is 902. The minimum atomic E-state index is -1.99. The lowest BCUT2D eigenvalue weighted by molar-refractivity contribution is -0.00941. The highest BCUT2D eigenvalue weighted by molar-refractivity contribution is 5.95. The number of benzene rings is 1. The number of carbonyl (C=O) groups excluding carboxylic acids is 1. The maximum atomic E-state index is 15.6.